The van der Waals surface area contributed by atoms with Gasteiger partial charge < -0.3 is 3.87 Å². The highest BCUT2D eigenvalue weighted by molar-refractivity contribution is 7.87. The fraction of sp³-hybridized carbons (Fsp3) is 0.333. The van der Waals surface area contributed by atoms with Crippen molar-refractivity contribution in [3.05, 3.63) is 12.7 Å². The van der Waals surface area contributed by atoms with Gasteiger partial charge in [-0.2, -0.15) is 0 Å². The van der Waals surface area contributed by atoms with Crippen LogP contribution in [0.2, 0.25) is 0 Å². The Labute approximate surface area is 52.0 Å². The molecule has 0 aliphatic heterocycles. The average molecular weight is 152 g/mol. The molecule has 0 unspecified atom stereocenters. The summed E-state index contributed by atoms with van der Waals surface area (Å²) in [4.78, 5) is 0. The van der Waals surface area contributed by atoms with Crippen molar-refractivity contribution in [1.82, 2.24) is 0 Å². The van der Waals surface area contributed by atoms with E-state index in [9.17, 15) is 8.42 Å². The van der Waals surface area contributed by atoms with Crippen LogP contribution in [0.5, 0.6) is 0 Å². The summed E-state index contributed by atoms with van der Waals surface area (Å²) < 4.78 is 24.9. The molecule has 3 nitrogen and oxygen atoms in total. The van der Waals surface area contributed by atoms with Gasteiger partial charge in [0.05, 0.1) is 5.75 Å². The van der Waals surface area contributed by atoms with Gasteiger partial charge in [-0.05, 0) is 0 Å². The third kappa shape index (κ3) is 2.95. The quantitative estimate of drug-likeness (QED) is 0.377. The highest BCUT2D eigenvalue weighted by Crippen LogP contribution is 1.87. The van der Waals surface area contributed by atoms with Gasteiger partial charge in [-0.25, -0.2) is 8.42 Å². The van der Waals surface area contributed by atoms with Gasteiger partial charge in [0.2, 0.25) is 0 Å². The zero-order valence-electron chi connectivity index (χ0n) is 4.62. The van der Waals surface area contributed by atoms with Gasteiger partial charge in [-0.3, -0.25) is 0 Å². The molecular weight excluding hydrogens is 144 g/mol. The van der Waals surface area contributed by atoms with E-state index < -0.39 is 10.1 Å². The number of hydrogen-bond acceptors (Lipinski definition) is 3. The minimum absolute atomic E-state index is 0.0868. The SMILES string of the molecule is C=CCS(=O)(=O)O[SiH3]. The van der Waals surface area contributed by atoms with Crippen LogP contribution in [0.4, 0.5) is 0 Å². The minimum Gasteiger partial charge on any atom is -0.327 e. The van der Waals surface area contributed by atoms with Gasteiger partial charge >= 0.3 is 0 Å². The largest absolute Gasteiger partial charge is 0.327 e. The molecule has 0 bridgehead atoms. The van der Waals surface area contributed by atoms with E-state index in [1.807, 2.05) is 0 Å². The molecule has 0 saturated heterocycles. The molecule has 0 saturated carbocycles. The van der Waals surface area contributed by atoms with Crippen molar-refractivity contribution >= 4 is 20.6 Å². The second-order valence-corrected chi connectivity index (χ2v) is 3.96. The maximum atomic E-state index is 10.3. The van der Waals surface area contributed by atoms with Gasteiger partial charge in [0.1, 0.15) is 0 Å². The van der Waals surface area contributed by atoms with E-state index in [4.69, 9.17) is 0 Å². The van der Waals surface area contributed by atoms with Crippen molar-refractivity contribution < 1.29 is 12.3 Å². The van der Waals surface area contributed by atoms with E-state index in [2.05, 4.69) is 10.5 Å². The van der Waals surface area contributed by atoms with Crippen LogP contribution >= 0.6 is 0 Å². The standard InChI is InChI=1S/C3H8O3SSi/c1-2-3-7(4,5)6-8/h2H,1,3H2,8H3. The van der Waals surface area contributed by atoms with Crippen molar-refractivity contribution in [3.63, 3.8) is 0 Å². The zero-order chi connectivity index (χ0) is 6.62. The fourth-order valence-corrected chi connectivity index (χ4v) is 1.05. The van der Waals surface area contributed by atoms with Crippen LogP contribution in [0.25, 0.3) is 0 Å². The first-order chi connectivity index (χ1) is 3.62. The highest BCUT2D eigenvalue weighted by Gasteiger charge is 2.01. The Morgan fingerprint density at radius 3 is 2.38 bits per heavy atom. The minimum atomic E-state index is -3.23. The lowest BCUT2D eigenvalue weighted by Gasteiger charge is -1.93. The van der Waals surface area contributed by atoms with E-state index in [-0.39, 0.29) is 16.2 Å². The maximum absolute atomic E-state index is 10.3. The smallest absolute Gasteiger partial charge is 0.260 e. The van der Waals surface area contributed by atoms with E-state index in [1.54, 1.807) is 0 Å². The summed E-state index contributed by atoms with van der Waals surface area (Å²) in [6, 6.07) is 0. The molecule has 0 N–H and O–H groups in total. The predicted molar refractivity (Wildman–Crippen MR) is 35.0 cm³/mol. The van der Waals surface area contributed by atoms with Gasteiger partial charge in [-0.1, -0.05) is 6.08 Å². The lowest BCUT2D eigenvalue weighted by molar-refractivity contribution is 0.511. The average Bonchev–Trinajstić information content (AvgIpc) is 1.67. The molecule has 0 aromatic heterocycles. The molecule has 5 heteroatoms. The number of hydrogen-bond donors (Lipinski definition) is 0. The van der Waals surface area contributed by atoms with Crippen LogP contribution in [0.3, 0.4) is 0 Å². The Bertz CT molecular complexity index is 159. The molecule has 0 aromatic carbocycles. The second kappa shape index (κ2) is 3.01. The summed E-state index contributed by atoms with van der Waals surface area (Å²) in [5.74, 6) is -0.0868. The molecule has 0 rings (SSSR count). The number of rotatable bonds is 3. The Morgan fingerprint density at radius 2 is 2.25 bits per heavy atom. The highest BCUT2D eigenvalue weighted by atomic mass is 32.2. The van der Waals surface area contributed by atoms with Gasteiger partial charge in [-0.15, -0.1) is 6.58 Å². The summed E-state index contributed by atoms with van der Waals surface area (Å²) in [7, 11) is -3.00. The van der Waals surface area contributed by atoms with E-state index in [1.165, 1.54) is 6.08 Å². The summed E-state index contributed by atoms with van der Waals surface area (Å²) in [6.07, 6.45) is 1.30. The molecule has 8 heavy (non-hydrogen) atoms. The monoisotopic (exact) mass is 152 g/mol. The van der Waals surface area contributed by atoms with Crippen molar-refractivity contribution in [1.29, 1.82) is 0 Å². The second-order valence-electron chi connectivity index (χ2n) is 1.18. The van der Waals surface area contributed by atoms with Gasteiger partial charge in [0.15, 0.2) is 10.5 Å². The first-order valence-corrected chi connectivity index (χ1v) is 4.41. The lowest BCUT2D eigenvalue weighted by atomic mass is 10.8. The van der Waals surface area contributed by atoms with Crippen molar-refractivity contribution in [2.45, 2.75) is 0 Å². The van der Waals surface area contributed by atoms with E-state index in [0.717, 1.165) is 0 Å². The van der Waals surface area contributed by atoms with E-state index in [0.29, 0.717) is 0 Å². The molecule has 0 aliphatic carbocycles. The Morgan fingerprint density at radius 1 is 1.75 bits per heavy atom. The normalized spacial score (nSPS) is 11.5. The fourth-order valence-electron chi connectivity index (χ4n) is 0.212. The molecule has 0 spiro atoms. The summed E-state index contributed by atoms with van der Waals surface area (Å²) >= 11 is 0. The Hall–Kier alpha value is -0.133. The summed E-state index contributed by atoms with van der Waals surface area (Å²) in [6.45, 7) is 3.25. The van der Waals surface area contributed by atoms with Crippen LogP contribution in [0.1, 0.15) is 0 Å². The molecular formula is C3H8O3SSi. The first kappa shape index (κ1) is 7.87. The summed E-state index contributed by atoms with van der Waals surface area (Å²) in [5.41, 5.74) is 0. The first-order valence-electron chi connectivity index (χ1n) is 2.01. The maximum Gasteiger partial charge on any atom is 0.260 e. The molecule has 0 aromatic rings. The van der Waals surface area contributed by atoms with Gasteiger partial charge in [0.25, 0.3) is 10.1 Å². The third-order valence-electron chi connectivity index (χ3n) is 0.576. The predicted octanol–water partition coefficient (Wildman–Crippen LogP) is -1.20. The van der Waals surface area contributed by atoms with Crippen molar-refractivity contribution in [3.8, 4) is 0 Å². The van der Waals surface area contributed by atoms with Crippen LogP contribution in [0, 0.1) is 0 Å². The lowest BCUT2D eigenvalue weighted by Crippen LogP contribution is -2.05. The molecule has 0 aliphatic rings. The van der Waals surface area contributed by atoms with Crippen LogP contribution < -0.4 is 0 Å². The molecule has 48 valence electrons. The zero-order valence-corrected chi connectivity index (χ0v) is 7.44. The Balaban J connectivity index is 3.94. The third-order valence-corrected chi connectivity index (χ3v) is 3.25. The van der Waals surface area contributed by atoms with E-state index >= 15 is 0 Å². The summed E-state index contributed by atoms with van der Waals surface area (Å²) in [5, 5.41) is 0. The Kier molecular flexibility index (Phi) is 2.96. The van der Waals surface area contributed by atoms with Crippen LogP contribution in [-0.4, -0.2) is 24.7 Å². The van der Waals surface area contributed by atoms with Crippen molar-refractivity contribution in [2.24, 2.45) is 0 Å². The molecule has 0 heterocycles. The molecule has 0 radical (unpaired) electrons. The molecule has 0 amide bonds. The molecule has 0 atom stereocenters. The van der Waals surface area contributed by atoms with Crippen LogP contribution in [-0.2, 0) is 14.0 Å². The molecule has 0 fully saturated rings. The van der Waals surface area contributed by atoms with Crippen LogP contribution in [0.15, 0.2) is 12.7 Å². The topological polar surface area (TPSA) is 43.4 Å². The van der Waals surface area contributed by atoms with Crippen molar-refractivity contribution in [2.75, 3.05) is 5.75 Å². The van der Waals surface area contributed by atoms with Gasteiger partial charge in [0, 0.05) is 0 Å².